The van der Waals surface area contributed by atoms with Crippen molar-refractivity contribution in [1.82, 2.24) is 0 Å². The molecule has 0 N–H and O–H groups in total. The van der Waals surface area contributed by atoms with Gasteiger partial charge in [0.1, 0.15) is 17.4 Å². The van der Waals surface area contributed by atoms with Crippen molar-refractivity contribution >= 4 is 29.2 Å². The Bertz CT molecular complexity index is 1030. The van der Waals surface area contributed by atoms with Gasteiger partial charge in [-0.3, -0.25) is 14.5 Å². The van der Waals surface area contributed by atoms with Gasteiger partial charge in [0.2, 0.25) is 17.5 Å². The van der Waals surface area contributed by atoms with E-state index in [1.807, 2.05) is 19.9 Å². The van der Waals surface area contributed by atoms with Gasteiger partial charge in [-0.25, -0.2) is 9.79 Å². The van der Waals surface area contributed by atoms with E-state index in [2.05, 4.69) is 4.99 Å². The Morgan fingerprint density at radius 2 is 1.73 bits per heavy atom. The van der Waals surface area contributed by atoms with E-state index < -0.39 is 23.5 Å². The van der Waals surface area contributed by atoms with Crippen LogP contribution < -0.4 is 9.64 Å². The third-order valence-electron chi connectivity index (χ3n) is 5.43. The summed E-state index contributed by atoms with van der Waals surface area (Å²) in [5.41, 5.74) is -0.279. The van der Waals surface area contributed by atoms with Crippen molar-refractivity contribution in [2.45, 2.75) is 26.0 Å². The molecule has 0 aliphatic carbocycles. The monoisotopic (exact) mass is 406 g/mol. The predicted molar refractivity (Wildman–Crippen MR) is 110 cm³/mol. The van der Waals surface area contributed by atoms with Gasteiger partial charge in [0.05, 0.1) is 12.8 Å². The summed E-state index contributed by atoms with van der Waals surface area (Å²) < 4.78 is 10.9. The minimum absolute atomic E-state index is 0.109. The summed E-state index contributed by atoms with van der Waals surface area (Å²) in [6.07, 6.45) is -0.109. The molecule has 0 saturated carbocycles. The number of carbonyl (C=O) groups excluding carboxylic acids is 3. The molecule has 2 heterocycles. The zero-order valence-electron chi connectivity index (χ0n) is 17.0. The molecule has 154 valence electrons. The van der Waals surface area contributed by atoms with Crippen LogP contribution in [0.4, 0.5) is 5.69 Å². The smallest absolute Gasteiger partial charge is 0.355 e. The second-order valence-electron chi connectivity index (χ2n) is 7.63. The average Bonchev–Trinajstić information content (AvgIpc) is 3.26. The Hall–Kier alpha value is -3.48. The predicted octanol–water partition coefficient (Wildman–Crippen LogP) is 3.08. The molecule has 0 radical (unpaired) electrons. The molecule has 7 nitrogen and oxygen atoms in total. The lowest BCUT2D eigenvalue weighted by atomic mass is 9.87. The first-order valence-corrected chi connectivity index (χ1v) is 9.77. The minimum Gasteiger partial charge on any atom is -0.497 e. The topological polar surface area (TPSA) is 85.3 Å². The van der Waals surface area contributed by atoms with Crippen molar-refractivity contribution in [2.75, 3.05) is 12.0 Å². The lowest BCUT2D eigenvalue weighted by molar-refractivity contribution is -0.156. The molecule has 1 fully saturated rings. The third kappa shape index (κ3) is 3.07. The SMILES string of the molecule is COc1ccc(N2C(=O)CC(C3(c4ccccc4)N=C(C(C)C)C(=O)O3)C2=O)cc1. The van der Waals surface area contributed by atoms with Gasteiger partial charge in [0.25, 0.3) is 0 Å². The number of amides is 2. The van der Waals surface area contributed by atoms with Gasteiger partial charge < -0.3 is 9.47 Å². The first kappa shape index (κ1) is 19.8. The number of imide groups is 1. The number of ether oxygens (including phenoxy) is 2. The standard InChI is InChI=1S/C23H22N2O5/c1-14(2)20-22(28)30-23(24-20,15-7-5-4-6-8-15)18-13-19(26)25(21(18)27)16-9-11-17(29-3)12-10-16/h4-12,14,18H,13H2,1-3H3. The highest BCUT2D eigenvalue weighted by atomic mass is 16.6. The number of esters is 1. The van der Waals surface area contributed by atoms with Gasteiger partial charge in [0.15, 0.2) is 0 Å². The Labute approximate surface area is 174 Å². The molecule has 0 aromatic heterocycles. The van der Waals surface area contributed by atoms with Crippen LogP contribution in [0.5, 0.6) is 5.75 Å². The number of rotatable bonds is 5. The number of aliphatic imine (C=N–C) groups is 1. The van der Waals surface area contributed by atoms with Crippen molar-refractivity contribution < 1.29 is 23.9 Å². The summed E-state index contributed by atoms with van der Waals surface area (Å²) in [6.45, 7) is 3.68. The van der Waals surface area contributed by atoms with Crippen molar-refractivity contribution in [3.8, 4) is 5.75 Å². The van der Waals surface area contributed by atoms with Crippen LogP contribution in [-0.4, -0.2) is 30.6 Å². The highest BCUT2D eigenvalue weighted by Crippen LogP contribution is 2.46. The number of methoxy groups -OCH3 is 1. The van der Waals surface area contributed by atoms with Gasteiger partial charge in [0, 0.05) is 17.9 Å². The van der Waals surface area contributed by atoms with Crippen molar-refractivity contribution in [3.05, 3.63) is 60.2 Å². The first-order valence-electron chi connectivity index (χ1n) is 9.77. The second-order valence-corrected chi connectivity index (χ2v) is 7.63. The quantitative estimate of drug-likeness (QED) is 0.563. The molecule has 2 unspecified atom stereocenters. The molecule has 2 aliphatic heterocycles. The zero-order valence-corrected chi connectivity index (χ0v) is 17.0. The molecule has 2 aliphatic rings. The average molecular weight is 406 g/mol. The molecule has 2 aromatic rings. The maximum atomic E-state index is 13.4. The number of benzene rings is 2. The largest absolute Gasteiger partial charge is 0.497 e. The number of anilines is 1. The highest BCUT2D eigenvalue weighted by Gasteiger charge is 2.58. The van der Waals surface area contributed by atoms with E-state index >= 15 is 0 Å². The van der Waals surface area contributed by atoms with Gasteiger partial charge in [-0.05, 0) is 24.3 Å². The minimum atomic E-state index is -1.55. The number of cyclic esters (lactones) is 1. The van der Waals surface area contributed by atoms with Crippen LogP contribution >= 0.6 is 0 Å². The van der Waals surface area contributed by atoms with Gasteiger partial charge in [-0.1, -0.05) is 44.2 Å². The Morgan fingerprint density at radius 3 is 2.30 bits per heavy atom. The molecule has 0 spiro atoms. The normalized spacial score (nSPS) is 23.7. The van der Waals surface area contributed by atoms with Crippen molar-refractivity contribution in [3.63, 3.8) is 0 Å². The van der Waals surface area contributed by atoms with Crippen LogP contribution in [0.1, 0.15) is 25.8 Å². The molecule has 2 aromatic carbocycles. The van der Waals surface area contributed by atoms with Crippen LogP contribution in [-0.2, 0) is 24.8 Å². The Balaban J connectivity index is 1.78. The number of nitrogens with zero attached hydrogens (tertiary/aromatic N) is 2. The molecule has 2 amide bonds. The third-order valence-corrected chi connectivity index (χ3v) is 5.43. The lowest BCUT2D eigenvalue weighted by Crippen LogP contribution is -2.40. The van der Waals surface area contributed by atoms with Crippen LogP contribution in [0.2, 0.25) is 0 Å². The molecule has 1 saturated heterocycles. The molecule has 2 atom stereocenters. The molecule has 30 heavy (non-hydrogen) atoms. The van der Waals surface area contributed by atoms with E-state index in [-0.39, 0.29) is 24.0 Å². The van der Waals surface area contributed by atoms with E-state index in [1.54, 1.807) is 55.6 Å². The molecule has 0 bridgehead atoms. The Kier molecular flexibility index (Phi) is 4.89. The zero-order chi connectivity index (χ0) is 21.5. The van der Waals surface area contributed by atoms with Crippen molar-refractivity contribution in [2.24, 2.45) is 16.8 Å². The second kappa shape index (κ2) is 7.40. The van der Waals surface area contributed by atoms with Crippen LogP contribution in [0.25, 0.3) is 0 Å². The fourth-order valence-electron chi connectivity index (χ4n) is 3.90. The van der Waals surface area contributed by atoms with Gasteiger partial charge in [-0.15, -0.1) is 0 Å². The highest BCUT2D eigenvalue weighted by molar-refractivity contribution is 6.38. The molecular formula is C23H22N2O5. The maximum absolute atomic E-state index is 13.4. The fraction of sp³-hybridized carbons (Fsp3) is 0.304. The van der Waals surface area contributed by atoms with E-state index in [0.29, 0.717) is 17.0 Å². The number of hydrogen-bond donors (Lipinski definition) is 0. The van der Waals surface area contributed by atoms with E-state index in [4.69, 9.17) is 9.47 Å². The summed E-state index contributed by atoms with van der Waals surface area (Å²) in [7, 11) is 1.54. The lowest BCUT2D eigenvalue weighted by Gasteiger charge is -2.30. The fourth-order valence-corrected chi connectivity index (χ4v) is 3.90. The van der Waals surface area contributed by atoms with E-state index in [9.17, 15) is 14.4 Å². The molecule has 4 rings (SSSR count). The van der Waals surface area contributed by atoms with Crippen LogP contribution in [0.3, 0.4) is 0 Å². The first-order chi connectivity index (χ1) is 14.4. The van der Waals surface area contributed by atoms with Crippen LogP contribution in [0, 0.1) is 11.8 Å². The van der Waals surface area contributed by atoms with Crippen molar-refractivity contribution in [1.29, 1.82) is 0 Å². The van der Waals surface area contributed by atoms with Gasteiger partial charge in [-0.2, -0.15) is 0 Å². The summed E-state index contributed by atoms with van der Waals surface area (Å²) in [5.74, 6) is -1.88. The number of carbonyl (C=O) groups is 3. The molecular weight excluding hydrogens is 384 g/mol. The summed E-state index contributed by atoms with van der Waals surface area (Å²) in [6, 6.07) is 15.6. The van der Waals surface area contributed by atoms with E-state index in [1.165, 1.54) is 0 Å². The summed E-state index contributed by atoms with van der Waals surface area (Å²) in [4.78, 5) is 44.6. The maximum Gasteiger partial charge on any atom is 0.355 e. The van der Waals surface area contributed by atoms with E-state index in [0.717, 1.165) is 4.90 Å². The van der Waals surface area contributed by atoms with Crippen LogP contribution in [0.15, 0.2) is 59.6 Å². The van der Waals surface area contributed by atoms with Gasteiger partial charge >= 0.3 is 5.97 Å². The summed E-state index contributed by atoms with van der Waals surface area (Å²) in [5, 5.41) is 0. The summed E-state index contributed by atoms with van der Waals surface area (Å²) >= 11 is 0. The molecule has 7 heteroatoms. The Morgan fingerprint density at radius 1 is 1.07 bits per heavy atom. The number of hydrogen-bond acceptors (Lipinski definition) is 6.